The van der Waals surface area contributed by atoms with E-state index in [-0.39, 0.29) is 12.1 Å². The first-order chi connectivity index (χ1) is 9.45. The average Bonchev–Trinajstić information content (AvgIpc) is 2.34. The third-order valence-corrected chi connectivity index (χ3v) is 5.26. The first-order valence-electron chi connectivity index (χ1n) is 5.91. The molecule has 1 amide bonds. The van der Waals surface area contributed by atoms with Gasteiger partial charge >= 0.3 is 5.69 Å². The molecule has 2 N–H and O–H groups in total. The van der Waals surface area contributed by atoms with E-state index in [1.165, 1.54) is 19.9 Å². The highest BCUT2D eigenvalue weighted by Gasteiger charge is 2.30. The van der Waals surface area contributed by atoms with E-state index in [0.29, 0.717) is 0 Å². The molecule has 0 saturated heterocycles. The lowest BCUT2D eigenvalue weighted by atomic mass is 10.1. The Balaban J connectivity index is 2.87. The molecule has 0 aliphatic heterocycles. The van der Waals surface area contributed by atoms with Crippen molar-refractivity contribution in [3.63, 3.8) is 0 Å². The van der Waals surface area contributed by atoms with Gasteiger partial charge in [-0.05, 0) is 26.0 Å². The summed E-state index contributed by atoms with van der Waals surface area (Å²) in [4.78, 5) is 21.6. The van der Waals surface area contributed by atoms with Gasteiger partial charge in [-0.2, -0.15) is 0 Å². The number of rotatable bonds is 5. The van der Waals surface area contributed by atoms with E-state index in [2.05, 4.69) is 5.32 Å². The van der Waals surface area contributed by atoms with E-state index >= 15 is 0 Å². The molecular formula is C12H16N2O6S. The number of aromatic hydroxyl groups is 1. The maximum Gasteiger partial charge on any atom is 0.310 e. The standard InChI is InChI=1S/C12H16N2O6S/c1-12(2,21(3,19)20)7-13-11(16)8-4-5-9(14(17)18)10(15)6-8/h4-6,15H,7H2,1-3H3,(H,13,16). The number of amides is 1. The van der Waals surface area contributed by atoms with Crippen molar-refractivity contribution in [2.45, 2.75) is 18.6 Å². The van der Waals surface area contributed by atoms with Crippen LogP contribution in [-0.4, -0.2) is 41.9 Å². The number of nitro groups is 1. The Hall–Kier alpha value is -2.16. The van der Waals surface area contributed by atoms with Crippen molar-refractivity contribution in [2.24, 2.45) is 0 Å². The van der Waals surface area contributed by atoms with Crippen molar-refractivity contribution in [3.05, 3.63) is 33.9 Å². The van der Waals surface area contributed by atoms with Crippen LogP contribution in [-0.2, 0) is 9.84 Å². The van der Waals surface area contributed by atoms with E-state index in [1.54, 1.807) is 0 Å². The smallest absolute Gasteiger partial charge is 0.310 e. The molecular weight excluding hydrogens is 300 g/mol. The van der Waals surface area contributed by atoms with Crippen molar-refractivity contribution in [3.8, 4) is 5.75 Å². The molecule has 116 valence electrons. The van der Waals surface area contributed by atoms with Gasteiger partial charge in [-0.1, -0.05) is 0 Å². The van der Waals surface area contributed by atoms with Crippen LogP contribution < -0.4 is 5.32 Å². The predicted molar refractivity (Wildman–Crippen MR) is 76.0 cm³/mol. The highest BCUT2D eigenvalue weighted by atomic mass is 32.2. The SMILES string of the molecule is CC(C)(CNC(=O)c1ccc([N+](=O)[O-])c(O)c1)S(C)(=O)=O. The van der Waals surface area contributed by atoms with E-state index in [0.717, 1.165) is 18.4 Å². The summed E-state index contributed by atoms with van der Waals surface area (Å²) < 4.78 is 21.9. The summed E-state index contributed by atoms with van der Waals surface area (Å²) in [7, 11) is -3.36. The van der Waals surface area contributed by atoms with Gasteiger partial charge in [-0.15, -0.1) is 0 Å². The molecule has 0 unspecified atom stereocenters. The third-order valence-electron chi connectivity index (χ3n) is 3.11. The van der Waals surface area contributed by atoms with Gasteiger partial charge in [0.1, 0.15) is 0 Å². The number of nitrogens with one attached hydrogen (secondary N) is 1. The molecule has 0 aromatic heterocycles. The number of phenolic OH excluding ortho intramolecular Hbond substituents is 1. The van der Waals surface area contributed by atoms with Crippen molar-refractivity contribution < 1.29 is 23.2 Å². The minimum Gasteiger partial charge on any atom is -0.502 e. The van der Waals surface area contributed by atoms with Crippen LogP contribution in [0.5, 0.6) is 5.75 Å². The molecule has 0 bridgehead atoms. The van der Waals surface area contributed by atoms with Crippen molar-refractivity contribution in [2.75, 3.05) is 12.8 Å². The molecule has 0 aliphatic rings. The summed E-state index contributed by atoms with van der Waals surface area (Å²) in [5, 5.41) is 22.4. The first kappa shape index (κ1) is 16.9. The van der Waals surface area contributed by atoms with Gasteiger partial charge in [0.05, 0.1) is 9.67 Å². The zero-order valence-electron chi connectivity index (χ0n) is 11.8. The average molecular weight is 316 g/mol. The number of nitro benzene ring substituents is 1. The maximum atomic E-state index is 11.9. The largest absolute Gasteiger partial charge is 0.502 e. The van der Waals surface area contributed by atoms with Gasteiger partial charge in [0.2, 0.25) is 0 Å². The predicted octanol–water partition coefficient (Wildman–Crippen LogP) is 0.853. The monoisotopic (exact) mass is 316 g/mol. The Bertz CT molecular complexity index is 681. The third kappa shape index (κ3) is 3.91. The number of nitrogens with zero attached hydrogens (tertiary/aromatic N) is 1. The zero-order chi connectivity index (χ0) is 16.4. The van der Waals surface area contributed by atoms with Gasteiger partial charge in [0, 0.05) is 24.4 Å². The Morgan fingerprint density at radius 2 is 2.00 bits per heavy atom. The van der Waals surface area contributed by atoms with E-state index in [1.807, 2.05) is 0 Å². The Labute approximate surface area is 121 Å². The number of sulfone groups is 1. The zero-order valence-corrected chi connectivity index (χ0v) is 12.6. The Kier molecular flexibility index (Phi) is 4.57. The summed E-state index contributed by atoms with van der Waals surface area (Å²) in [5.41, 5.74) is -0.509. The molecule has 0 fully saturated rings. The molecule has 9 heteroatoms. The van der Waals surface area contributed by atoms with E-state index in [9.17, 15) is 28.4 Å². The van der Waals surface area contributed by atoms with Crippen molar-refractivity contribution in [1.82, 2.24) is 5.32 Å². The van der Waals surface area contributed by atoms with Gasteiger partial charge in [-0.25, -0.2) is 8.42 Å². The molecule has 1 aromatic carbocycles. The van der Waals surface area contributed by atoms with Crippen LogP contribution in [0, 0.1) is 10.1 Å². The minimum atomic E-state index is -3.36. The van der Waals surface area contributed by atoms with Gasteiger partial charge in [0.15, 0.2) is 15.6 Å². The fourth-order valence-corrected chi connectivity index (χ4v) is 1.68. The second kappa shape index (κ2) is 5.68. The quantitative estimate of drug-likeness (QED) is 0.612. The molecule has 1 rings (SSSR count). The summed E-state index contributed by atoms with van der Waals surface area (Å²) in [6, 6.07) is 3.15. The number of carbonyl (C=O) groups excluding carboxylic acids is 1. The van der Waals surface area contributed by atoms with Crippen molar-refractivity contribution >= 4 is 21.4 Å². The lowest BCUT2D eigenvalue weighted by molar-refractivity contribution is -0.385. The van der Waals surface area contributed by atoms with Crippen LogP contribution in [0.2, 0.25) is 0 Å². The maximum absolute atomic E-state index is 11.9. The van der Waals surface area contributed by atoms with Gasteiger partial charge in [0.25, 0.3) is 5.91 Å². The second-order valence-electron chi connectivity index (χ2n) is 5.18. The van der Waals surface area contributed by atoms with Gasteiger partial charge < -0.3 is 10.4 Å². The summed E-state index contributed by atoms with van der Waals surface area (Å²) in [6.07, 6.45) is 1.07. The van der Waals surface area contributed by atoms with Crippen LogP contribution in [0.25, 0.3) is 0 Å². The number of carbonyl (C=O) groups is 1. The van der Waals surface area contributed by atoms with Crippen LogP contribution in [0.3, 0.4) is 0 Å². The highest BCUT2D eigenvalue weighted by Crippen LogP contribution is 2.26. The normalized spacial score (nSPS) is 12.0. The van der Waals surface area contributed by atoms with Crippen molar-refractivity contribution in [1.29, 1.82) is 0 Å². The Morgan fingerprint density at radius 1 is 1.43 bits per heavy atom. The Morgan fingerprint density at radius 3 is 2.43 bits per heavy atom. The topological polar surface area (TPSA) is 127 Å². The highest BCUT2D eigenvalue weighted by molar-refractivity contribution is 7.92. The second-order valence-corrected chi connectivity index (χ2v) is 7.82. The first-order valence-corrected chi connectivity index (χ1v) is 7.80. The van der Waals surface area contributed by atoms with Crippen LogP contribution in [0.15, 0.2) is 18.2 Å². The lowest BCUT2D eigenvalue weighted by Crippen LogP contribution is -2.43. The molecule has 8 nitrogen and oxygen atoms in total. The molecule has 0 saturated carbocycles. The molecule has 0 atom stereocenters. The molecule has 0 radical (unpaired) electrons. The number of phenols is 1. The van der Waals surface area contributed by atoms with E-state index in [4.69, 9.17) is 0 Å². The fraction of sp³-hybridized carbons (Fsp3) is 0.417. The molecule has 0 aliphatic carbocycles. The van der Waals surface area contributed by atoms with E-state index < -0.39 is 36.9 Å². The molecule has 1 aromatic rings. The number of hydrogen-bond acceptors (Lipinski definition) is 6. The fourth-order valence-electron chi connectivity index (χ4n) is 1.35. The number of hydrogen-bond donors (Lipinski definition) is 2. The van der Waals surface area contributed by atoms with Crippen LogP contribution in [0.1, 0.15) is 24.2 Å². The summed E-state index contributed by atoms with van der Waals surface area (Å²) in [6.45, 7) is 2.81. The molecule has 21 heavy (non-hydrogen) atoms. The molecule has 0 spiro atoms. The molecule has 0 heterocycles. The van der Waals surface area contributed by atoms with Gasteiger partial charge in [-0.3, -0.25) is 14.9 Å². The minimum absolute atomic E-state index is 0.00222. The van der Waals surface area contributed by atoms with Crippen LogP contribution in [0.4, 0.5) is 5.69 Å². The summed E-state index contributed by atoms with van der Waals surface area (Å²) >= 11 is 0. The summed E-state index contributed by atoms with van der Waals surface area (Å²) in [5.74, 6) is -1.26. The number of benzene rings is 1. The van der Waals surface area contributed by atoms with Crippen LogP contribution >= 0.6 is 0 Å². The lowest BCUT2D eigenvalue weighted by Gasteiger charge is -2.22.